The fourth-order valence-electron chi connectivity index (χ4n) is 7.08. The van der Waals surface area contributed by atoms with E-state index in [9.17, 15) is 9.59 Å². The van der Waals surface area contributed by atoms with E-state index >= 15 is 0 Å². The first-order chi connectivity index (χ1) is 24.5. The van der Waals surface area contributed by atoms with Crippen molar-refractivity contribution in [1.29, 1.82) is 0 Å². The standard InChI is InChI=1S/C40H65N5O5Si2/c1-11-12-19-50-39(47)42-17-18-43(30(2)27-42)38(46)32-14-13-31-24-35(44(34(31)25-32)28-48-20-22-51(5,6)7)37-33-15-16-40(3,4)26-36(33)45(41-37)29-49-21-23-52(8,9)10/h13-14,24-25,30H,11-12,15-23,26-29H2,1-10H3/t30-/m1/s1. The average Bonchev–Trinajstić information content (AvgIpc) is 3.60. The number of amides is 2. The van der Waals surface area contributed by atoms with Crippen molar-refractivity contribution in [3.63, 3.8) is 0 Å². The third-order valence-electron chi connectivity index (χ3n) is 10.6. The van der Waals surface area contributed by atoms with Crippen LogP contribution in [0.4, 0.5) is 4.79 Å². The van der Waals surface area contributed by atoms with Crippen LogP contribution in [0.3, 0.4) is 0 Å². The predicted molar refractivity (Wildman–Crippen MR) is 216 cm³/mol. The second kappa shape index (κ2) is 16.6. The summed E-state index contributed by atoms with van der Waals surface area (Å²) in [5.74, 6) is -0.0262. The lowest BCUT2D eigenvalue weighted by Gasteiger charge is -2.39. The number of rotatable bonds is 15. The number of unbranched alkanes of at least 4 members (excludes halogenated alkanes) is 1. The Morgan fingerprint density at radius 1 is 0.942 bits per heavy atom. The summed E-state index contributed by atoms with van der Waals surface area (Å²) in [6, 6.07) is 10.3. The third kappa shape index (κ3) is 10.2. The number of aromatic nitrogens is 3. The minimum atomic E-state index is -1.28. The normalized spacial score (nSPS) is 17.8. The van der Waals surface area contributed by atoms with Crippen molar-refractivity contribution in [2.45, 2.75) is 131 Å². The molecule has 1 atom stereocenters. The Balaban J connectivity index is 1.46. The zero-order chi connectivity index (χ0) is 37.8. The highest BCUT2D eigenvalue weighted by atomic mass is 28.3. The van der Waals surface area contributed by atoms with Crippen molar-refractivity contribution in [3.8, 4) is 11.4 Å². The second-order valence-corrected chi connectivity index (χ2v) is 29.5. The minimum absolute atomic E-state index is 0.0262. The van der Waals surface area contributed by atoms with E-state index in [4.69, 9.17) is 19.3 Å². The van der Waals surface area contributed by atoms with Crippen molar-refractivity contribution in [2.24, 2.45) is 5.41 Å². The minimum Gasteiger partial charge on any atom is -0.449 e. The summed E-state index contributed by atoms with van der Waals surface area (Å²) in [6.07, 6.45) is 4.56. The van der Waals surface area contributed by atoms with E-state index in [-0.39, 0.29) is 23.5 Å². The Kier molecular flexibility index (Phi) is 12.9. The van der Waals surface area contributed by atoms with Gasteiger partial charge in [-0.25, -0.2) is 9.48 Å². The highest BCUT2D eigenvalue weighted by Gasteiger charge is 2.34. The van der Waals surface area contributed by atoms with Crippen LogP contribution < -0.4 is 0 Å². The molecule has 0 bridgehead atoms. The lowest BCUT2D eigenvalue weighted by Crippen LogP contribution is -2.55. The highest BCUT2D eigenvalue weighted by molar-refractivity contribution is 6.76. The Bertz CT molecular complexity index is 1700. The van der Waals surface area contributed by atoms with Gasteiger partial charge in [-0.15, -0.1) is 0 Å². The molecule has 0 unspecified atom stereocenters. The summed E-state index contributed by atoms with van der Waals surface area (Å²) in [7, 11) is -2.49. The van der Waals surface area contributed by atoms with Gasteiger partial charge in [0, 0.05) is 77.2 Å². The summed E-state index contributed by atoms with van der Waals surface area (Å²) < 4.78 is 22.5. The van der Waals surface area contributed by atoms with Crippen molar-refractivity contribution >= 4 is 39.1 Å². The maximum absolute atomic E-state index is 14.1. The van der Waals surface area contributed by atoms with Crippen LogP contribution in [-0.4, -0.2) is 97.8 Å². The maximum Gasteiger partial charge on any atom is 0.409 e. The van der Waals surface area contributed by atoms with E-state index in [0.29, 0.717) is 51.9 Å². The summed E-state index contributed by atoms with van der Waals surface area (Å²) in [5.41, 5.74) is 6.38. The SMILES string of the molecule is CCCCOC(=O)N1CCN(C(=O)c2ccc3cc(-c4nn(COCC[Si](C)(C)C)c5c4CCC(C)(C)C5)n(COCC[Si](C)(C)C)c3c2)[C@H](C)C1. The van der Waals surface area contributed by atoms with Crippen molar-refractivity contribution in [3.05, 3.63) is 41.1 Å². The van der Waals surface area contributed by atoms with Gasteiger partial charge in [0.05, 0.1) is 17.8 Å². The van der Waals surface area contributed by atoms with Crippen molar-refractivity contribution < 1.29 is 23.8 Å². The number of ether oxygens (including phenoxy) is 3. The predicted octanol–water partition coefficient (Wildman–Crippen LogP) is 8.73. The lowest BCUT2D eigenvalue weighted by atomic mass is 9.76. The molecule has 0 spiro atoms. The molecule has 2 aliphatic rings. The molecule has 2 amide bonds. The van der Waals surface area contributed by atoms with Crippen molar-refractivity contribution in [2.75, 3.05) is 39.5 Å². The number of nitrogens with zero attached hydrogens (tertiary/aromatic N) is 5. The molecular formula is C40H65N5O5Si2. The number of fused-ring (bicyclic) bond motifs is 2. The Hall–Kier alpha value is -2.94. The largest absolute Gasteiger partial charge is 0.449 e. The van der Waals surface area contributed by atoms with Gasteiger partial charge in [0.2, 0.25) is 0 Å². The zero-order valence-corrected chi connectivity index (χ0v) is 35.8. The molecule has 1 aliphatic heterocycles. The van der Waals surface area contributed by atoms with Gasteiger partial charge in [0.1, 0.15) is 19.2 Å². The Labute approximate surface area is 314 Å². The van der Waals surface area contributed by atoms with Crippen LogP contribution in [0.25, 0.3) is 22.3 Å². The van der Waals surface area contributed by atoms with Gasteiger partial charge in [-0.3, -0.25) is 4.79 Å². The summed E-state index contributed by atoms with van der Waals surface area (Å²) in [6.45, 7) is 27.1. The zero-order valence-electron chi connectivity index (χ0n) is 33.8. The van der Waals surface area contributed by atoms with Gasteiger partial charge in [-0.2, -0.15) is 5.10 Å². The van der Waals surface area contributed by atoms with Crippen LogP contribution >= 0.6 is 0 Å². The molecule has 1 aliphatic carbocycles. The number of hydrogen-bond acceptors (Lipinski definition) is 6. The molecular weight excluding hydrogens is 687 g/mol. The van der Waals surface area contributed by atoms with Crippen LogP contribution in [-0.2, 0) is 40.5 Å². The molecule has 52 heavy (non-hydrogen) atoms. The van der Waals surface area contributed by atoms with E-state index < -0.39 is 16.1 Å². The van der Waals surface area contributed by atoms with Crippen LogP contribution in [0.2, 0.25) is 51.4 Å². The van der Waals surface area contributed by atoms with E-state index in [0.717, 1.165) is 73.1 Å². The number of hydrogen-bond donors (Lipinski definition) is 0. The molecule has 2 aromatic heterocycles. The molecule has 0 saturated carbocycles. The average molecular weight is 752 g/mol. The number of carbonyl (C=O) groups excluding carboxylic acids is 2. The molecule has 1 fully saturated rings. The van der Waals surface area contributed by atoms with E-state index in [1.54, 1.807) is 4.90 Å². The molecule has 3 aromatic rings. The van der Waals surface area contributed by atoms with E-state index in [1.807, 2.05) is 24.0 Å². The fraction of sp³-hybridized carbons (Fsp3) is 0.675. The lowest BCUT2D eigenvalue weighted by molar-refractivity contribution is 0.0411. The van der Waals surface area contributed by atoms with Gasteiger partial charge in [-0.1, -0.05) is 72.5 Å². The number of carbonyl (C=O) groups is 2. The topological polar surface area (TPSA) is 91.1 Å². The smallest absolute Gasteiger partial charge is 0.409 e. The summed E-state index contributed by atoms with van der Waals surface area (Å²) in [4.78, 5) is 30.3. The first kappa shape index (κ1) is 40.3. The quantitative estimate of drug-likeness (QED) is 0.114. The molecule has 3 heterocycles. The number of benzene rings is 1. The summed E-state index contributed by atoms with van der Waals surface area (Å²) >= 11 is 0. The van der Waals surface area contributed by atoms with E-state index in [1.165, 1.54) is 11.3 Å². The van der Waals surface area contributed by atoms with Gasteiger partial charge in [0.25, 0.3) is 5.91 Å². The molecule has 5 rings (SSSR count). The fourth-order valence-corrected chi connectivity index (χ4v) is 8.60. The Morgan fingerprint density at radius 3 is 2.29 bits per heavy atom. The monoisotopic (exact) mass is 751 g/mol. The highest BCUT2D eigenvalue weighted by Crippen LogP contribution is 2.40. The molecule has 288 valence electrons. The van der Waals surface area contributed by atoms with Crippen LogP contribution in [0, 0.1) is 5.41 Å². The molecule has 0 N–H and O–H groups in total. The molecule has 1 saturated heterocycles. The van der Waals surface area contributed by atoms with Crippen LogP contribution in [0.1, 0.15) is 68.6 Å². The third-order valence-corrected chi connectivity index (χ3v) is 14.0. The van der Waals surface area contributed by atoms with Gasteiger partial charge < -0.3 is 28.6 Å². The van der Waals surface area contributed by atoms with Gasteiger partial charge >= 0.3 is 6.09 Å². The molecule has 0 radical (unpaired) electrons. The van der Waals surface area contributed by atoms with E-state index in [2.05, 4.69) is 81.4 Å². The van der Waals surface area contributed by atoms with Gasteiger partial charge in [-0.05, 0) is 68.3 Å². The molecule has 12 heteroatoms. The second-order valence-electron chi connectivity index (χ2n) is 18.3. The summed E-state index contributed by atoms with van der Waals surface area (Å²) in [5, 5.41) is 6.34. The first-order valence-electron chi connectivity index (χ1n) is 19.6. The Morgan fingerprint density at radius 2 is 1.63 bits per heavy atom. The molecule has 10 nitrogen and oxygen atoms in total. The number of piperazine rings is 1. The van der Waals surface area contributed by atoms with Crippen molar-refractivity contribution in [1.82, 2.24) is 24.1 Å². The molecule has 1 aromatic carbocycles. The van der Waals surface area contributed by atoms with Gasteiger partial charge in [0.15, 0.2) is 0 Å². The maximum atomic E-state index is 14.1. The van der Waals surface area contributed by atoms with Crippen LogP contribution in [0.15, 0.2) is 24.3 Å². The van der Waals surface area contributed by atoms with Crippen LogP contribution in [0.5, 0.6) is 0 Å². The first-order valence-corrected chi connectivity index (χ1v) is 27.0.